The van der Waals surface area contributed by atoms with Gasteiger partial charge in [0.1, 0.15) is 6.61 Å². The topological polar surface area (TPSA) is 98.3 Å². The van der Waals surface area contributed by atoms with Crippen molar-refractivity contribution in [2.75, 3.05) is 13.2 Å². The number of amides is 1. The maximum Gasteiger partial charge on any atom is 0.286 e. The average molecular weight is 294 g/mol. The van der Waals surface area contributed by atoms with Crippen molar-refractivity contribution in [3.8, 4) is 17.0 Å². The second-order valence-electron chi connectivity index (χ2n) is 3.86. The van der Waals surface area contributed by atoms with E-state index in [1.807, 2.05) is 0 Å². The molecule has 0 bridgehead atoms. The average Bonchev–Trinajstić information content (AvgIpc) is 2.45. The monoisotopic (exact) mass is 293 g/mol. The molecule has 0 spiro atoms. The van der Waals surface area contributed by atoms with E-state index in [-0.39, 0.29) is 24.9 Å². The molecule has 1 aromatic heterocycles. The number of nitrogens with zero attached hydrogens (tertiary/aromatic N) is 2. The van der Waals surface area contributed by atoms with Crippen LogP contribution in [0.25, 0.3) is 11.1 Å². The van der Waals surface area contributed by atoms with Crippen LogP contribution >= 0.6 is 11.6 Å². The SMILES string of the molecule is NC(=O)c1ncc(-c2ccc(Cl)cc2)c(OCCO)n1. The third kappa shape index (κ3) is 3.23. The van der Waals surface area contributed by atoms with Gasteiger partial charge in [-0.25, -0.2) is 4.98 Å². The zero-order valence-electron chi connectivity index (χ0n) is 10.4. The maximum absolute atomic E-state index is 11.1. The van der Waals surface area contributed by atoms with Crippen LogP contribution in [0, 0.1) is 0 Å². The summed E-state index contributed by atoms with van der Waals surface area (Å²) in [6.45, 7) is -0.119. The molecule has 0 aliphatic heterocycles. The van der Waals surface area contributed by atoms with Gasteiger partial charge in [0.05, 0.1) is 12.2 Å². The van der Waals surface area contributed by atoms with Crippen LogP contribution in [0.1, 0.15) is 10.6 Å². The fourth-order valence-corrected chi connectivity index (χ4v) is 1.69. The maximum atomic E-state index is 11.1. The van der Waals surface area contributed by atoms with E-state index >= 15 is 0 Å². The Morgan fingerprint density at radius 2 is 2.05 bits per heavy atom. The summed E-state index contributed by atoms with van der Waals surface area (Å²) in [6, 6.07) is 6.98. The minimum absolute atomic E-state index is 0.0514. The molecule has 7 heteroatoms. The van der Waals surface area contributed by atoms with E-state index in [9.17, 15) is 4.79 Å². The molecule has 1 heterocycles. The molecule has 3 N–H and O–H groups in total. The molecular formula is C13H12ClN3O3. The highest BCUT2D eigenvalue weighted by Crippen LogP contribution is 2.28. The molecular weight excluding hydrogens is 282 g/mol. The highest BCUT2D eigenvalue weighted by Gasteiger charge is 2.13. The van der Waals surface area contributed by atoms with E-state index in [0.717, 1.165) is 5.56 Å². The van der Waals surface area contributed by atoms with Gasteiger partial charge >= 0.3 is 0 Å². The fourth-order valence-electron chi connectivity index (χ4n) is 1.56. The van der Waals surface area contributed by atoms with Crippen molar-refractivity contribution in [1.82, 2.24) is 9.97 Å². The molecule has 20 heavy (non-hydrogen) atoms. The minimum atomic E-state index is -0.749. The van der Waals surface area contributed by atoms with Crippen LogP contribution < -0.4 is 10.5 Å². The predicted octanol–water partition coefficient (Wildman–Crippen LogP) is 1.27. The zero-order valence-corrected chi connectivity index (χ0v) is 11.2. The first-order valence-corrected chi connectivity index (χ1v) is 6.16. The van der Waals surface area contributed by atoms with Crippen LogP contribution in [0.3, 0.4) is 0 Å². The first kappa shape index (κ1) is 14.2. The van der Waals surface area contributed by atoms with Crippen LogP contribution in [0.5, 0.6) is 5.88 Å². The number of aliphatic hydroxyl groups is 1. The van der Waals surface area contributed by atoms with Crippen LogP contribution in [0.15, 0.2) is 30.5 Å². The number of carbonyl (C=O) groups excluding carboxylic acids is 1. The molecule has 0 saturated heterocycles. The largest absolute Gasteiger partial charge is 0.475 e. The first-order chi connectivity index (χ1) is 9.61. The Morgan fingerprint density at radius 3 is 2.65 bits per heavy atom. The number of aliphatic hydroxyl groups excluding tert-OH is 1. The molecule has 0 unspecified atom stereocenters. The van der Waals surface area contributed by atoms with E-state index in [4.69, 9.17) is 27.2 Å². The Balaban J connectivity index is 2.45. The number of hydrogen-bond donors (Lipinski definition) is 2. The van der Waals surface area contributed by atoms with Gasteiger partial charge in [-0.1, -0.05) is 23.7 Å². The summed E-state index contributed by atoms with van der Waals surface area (Å²) in [5, 5.41) is 9.42. The van der Waals surface area contributed by atoms with Crippen LogP contribution in [0.4, 0.5) is 0 Å². The van der Waals surface area contributed by atoms with Gasteiger partial charge in [0.2, 0.25) is 11.7 Å². The number of nitrogens with two attached hydrogens (primary N) is 1. The van der Waals surface area contributed by atoms with Gasteiger partial charge < -0.3 is 15.6 Å². The second-order valence-corrected chi connectivity index (χ2v) is 4.29. The molecule has 6 nitrogen and oxygen atoms in total. The van der Waals surface area contributed by atoms with Crippen molar-refractivity contribution < 1.29 is 14.6 Å². The van der Waals surface area contributed by atoms with Crippen LogP contribution in [-0.4, -0.2) is 34.2 Å². The van der Waals surface area contributed by atoms with Gasteiger partial charge in [0.15, 0.2) is 0 Å². The lowest BCUT2D eigenvalue weighted by atomic mass is 10.1. The van der Waals surface area contributed by atoms with Gasteiger partial charge in [-0.2, -0.15) is 4.98 Å². The highest BCUT2D eigenvalue weighted by atomic mass is 35.5. The van der Waals surface area contributed by atoms with E-state index in [2.05, 4.69) is 9.97 Å². The van der Waals surface area contributed by atoms with Gasteiger partial charge in [0, 0.05) is 11.2 Å². The molecule has 104 valence electrons. The highest BCUT2D eigenvalue weighted by molar-refractivity contribution is 6.30. The van der Waals surface area contributed by atoms with Crippen LogP contribution in [0.2, 0.25) is 5.02 Å². The summed E-state index contributed by atoms with van der Waals surface area (Å²) in [6.07, 6.45) is 1.45. The number of halogens is 1. The van der Waals surface area contributed by atoms with Crippen molar-refractivity contribution in [2.45, 2.75) is 0 Å². The van der Waals surface area contributed by atoms with Gasteiger partial charge in [-0.05, 0) is 17.7 Å². The number of rotatable bonds is 5. The molecule has 1 aromatic carbocycles. The number of primary amides is 1. The fraction of sp³-hybridized carbons (Fsp3) is 0.154. The normalized spacial score (nSPS) is 10.3. The Morgan fingerprint density at radius 1 is 1.35 bits per heavy atom. The van der Waals surface area contributed by atoms with Gasteiger partial charge in [-0.15, -0.1) is 0 Å². The molecule has 0 radical (unpaired) electrons. The molecule has 0 fully saturated rings. The third-order valence-electron chi connectivity index (χ3n) is 2.46. The Hall–Kier alpha value is -2.18. The van der Waals surface area contributed by atoms with Crippen molar-refractivity contribution in [3.05, 3.63) is 41.3 Å². The summed E-state index contributed by atoms with van der Waals surface area (Å²) in [5.41, 5.74) is 6.49. The number of carbonyl (C=O) groups is 1. The second kappa shape index (κ2) is 6.31. The lowest BCUT2D eigenvalue weighted by molar-refractivity contribution is 0.0989. The number of ether oxygens (including phenoxy) is 1. The van der Waals surface area contributed by atoms with E-state index in [0.29, 0.717) is 10.6 Å². The molecule has 0 saturated carbocycles. The van der Waals surface area contributed by atoms with E-state index in [1.165, 1.54) is 6.20 Å². The number of aromatic nitrogens is 2. The predicted molar refractivity (Wildman–Crippen MR) is 73.6 cm³/mol. The number of hydrogen-bond acceptors (Lipinski definition) is 5. The van der Waals surface area contributed by atoms with Crippen LogP contribution in [-0.2, 0) is 0 Å². The summed E-state index contributed by atoms with van der Waals surface area (Å²) >= 11 is 5.83. The molecule has 0 aliphatic rings. The van der Waals surface area contributed by atoms with E-state index < -0.39 is 5.91 Å². The standard InChI is InChI=1S/C13H12ClN3O3/c14-9-3-1-8(2-4-9)10-7-16-12(11(15)19)17-13(10)20-6-5-18/h1-4,7,18H,5-6H2,(H2,15,19). The minimum Gasteiger partial charge on any atom is -0.475 e. The molecule has 2 aromatic rings. The van der Waals surface area contributed by atoms with Crippen molar-refractivity contribution in [3.63, 3.8) is 0 Å². The van der Waals surface area contributed by atoms with Crippen molar-refractivity contribution in [1.29, 1.82) is 0 Å². The molecule has 0 aliphatic carbocycles. The lowest BCUT2D eigenvalue weighted by Crippen LogP contribution is -2.16. The Kier molecular flexibility index (Phi) is 4.49. The van der Waals surface area contributed by atoms with Crippen molar-refractivity contribution in [2.24, 2.45) is 5.73 Å². The first-order valence-electron chi connectivity index (χ1n) is 5.78. The summed E-state index contributed by atoms with van der Waals surface area (Å²) in [7, 11) is 0. The Bertz CT molecular complexity index is 617. The summed E-state index contributed by atoms with van der Waals surface area (Å²) in [5.74, 6) is -0.706. The Labute approximate surface area is 120 Å². The zero-order chi connectivity index (χ0) is 14.5. The van der Waals surface area contributed by atoms with Gasteiger partial charge in [-0.3, -0.25) is 4.79 Å². The quantitative estimate of drug-likeness (QED) is 0.865. The smallest absolute Gasteiger partial charge is 0.286 e. The van der Waals surface area contributed by atoms with E-state index in [1.54, 1.807) is 24.3 Å². The summed E-state index contributed by atoms with van der Waals surface area (Å²) < 4.78 is 5.32. The van der Waals surface area contributed by atoms with Gasteiger partial charge in [0.25, 0.3) is 5.91 Å². The molecule has 2 rings (SSSR count). The number of benzene rings is 1. The summed E-state index contributed by atoms with van der Waals surface area (Å²) in [4.78, 5) is 18.9. The molecule has 1 amide bonds. The lowest BCUT2D eigenvalue weighted by Gasteiger charge is -2.10. The third-order valence-corrected chi connectivity index (χ3v) is 2.71. The van der Waals surface area contributed by atoms with Crippen molar-refractivity contribution >= 4 is 17.5 Å². The molecule has 0 atom stereocenters.